The lowest BCUT2D eigenvalue weighted by atomic mass is 9.92. The van der Waals surface area contributed by atoms with Gasteiger partial charge in [0.15, 0.2) is 0 Å². The molecule has 1 unspecified atom stereocenters. The highest BCUT2D eigenvalue weighted by molar-refractivity contribution is 7.99. The van der Waals surface area contributed by atoms with Gasteiger partial charge in [-0.2, -0.15) is 16.1 Å². The summed E-state index contributed by atoms with van der Waals surface area (Å²) in [7, 11) is -3.59. The Bertz CT molecular complexity index is 978. The monoisotopic (exact) mass is 423 g/mol. The molecule has 0 spiro atoms. The minimum atomic E-state index is -3.59. The molecule has 1 saturated heterocycles. The number of nitrogens with zero attached hydrogens (tertiary/aromatic N) is 1. The summed E-state index contributed by atoms with van der Waals surface area (Å²) < 4.78 is 55.5. The van der Waals surface area contributed by atoms with Crippen LogP contribution < -0.4 is 0 Å². The number of thioether (sulfide) groups is 1. The summed E-state index contributed by atoms with van der Waals surface area (Å²) >= 11 is 1.49. The van der Waals surface area contributed by atoms with Crippen molar-refractivity contribution in [3.05, 3.63) is 64.7 Å². The predicted molar refractivity (Wildman–Crippen MR) is 108 cm³/mol. The third-order valence-corrected chi connectivity index (χ3v) is 8.77. The topological polar surface area (TPSA) is 37.4 Å². The lowest BCUT2D eigenvalue weighted by molar-refractivity contribution is 0.426. The molecule has 1 atom stereocenters. The van der Waals surface area contributed by atoms with Crippen molar-refractivity contribution in [3.63, 3.8) is 0 Å². The molecule has 28 heavy (non-hydrogen) atoms. The van der Waals surface area contributed by atoms with E-state index in [0.29, 0.717) is 35.7 Å². The van der Waals surface area contributed by atoms with Gasteiger partial charge in [-0.25, -0.2) is 17.2 Å². The molecule has 150 valence electrons. The normalized spacial score (nSPS) is 21.1. The minimum Gasteiger partial charge on any atom is -0.207 e. The molecule has 0 radical (unpaired) electrons. The molecular formula is C21H23F2NO2S2. The molecule has 0 saturated carbocycles. The van der Waals surface area contributed by atoms with E-state index in [1.54, 1.807) is 6.07 Å². The Kier molecular flexibility index (Phi) is 5.76. The van der Waals surface area contributed by atoms with Crippen LogP contribution in [-0.2, 0) is 22.9 Å². The fourth-order valence-electron chi connectivity index (χ4n) is 4.02. The molecular weight excluding hydrogens is 400 g/mol. The van der Waals surface area contributed by atoms with Gasteiger partial charge in [-0.3, -0.25) is 0 Å². The number of halogens is 2. The number of aryl methyl sites for hydroxylation is 2. The fraction of sp³-hybridized carbons (Fsp3) is 0.429. The molecule has 1 aliphatic carbocycles. The molecule has 0 N–H and O–H groups in total. The summed E-state index contributed by atoms with van der Waals surface area (Å²) in [5.41, 5.74) is 2.70. The lowest BCUT2D eigenvalue weighted by Crippen LogP contribution is -2.33. The van der Waals surface area contributed by atoms with Crippen molar-refractivity contribution < 1.29 is 17.2 Å². The second kappa shape index (κ2) is 8.13. The maximum Gasteiger partial charge on any atom is 0.243 e. The number of benzene rings is 2. The molecule has 1 fully saturated rings. The van der Waals surface area contributed by atoms with Crippen LogP contribution in [0, 0.1) is 11.6 Å². The van der Waals surface area contributed by atoms with Crippen molar-refractivity contribution in [2.75, 3.05) is 18.8 Å². The van der Waals surface area contributed by atoms with Gasteiger partial charge in [0, 0.05) is 29.7 Å². The highest BCUT2D eigenvalue weighted by Crippen LogP contribution is 2.37. The van der Waals surface area contributed by atoms with Gasteiger partial charge in [0.1, 0.15) is 11.6 Å². The van der Waals surface area contributed by atoms with Crippen LogP contribution in [0.15, 0.2) is 41.3 Å². The maximum absolute atomic E-state index is 14.1. The summed E-state index contributed by atoms with van der Waals surface area (Å²) in [6.07, 6.45) is 4.64. The van der Waals surface area contributed by atoms with E-state index in [0.717, 1.165) is 43.4 Å². The number of hydrogen-bond donors (Lipinski definition) is 0. The van der Waals surface area contributed by atoms with E-state index < -0.39 is 21.7 Å². The van der Waals surface area contributed by atoms with Gasteiger partial charge >= 0.3 is 0 Å². The van der Waals surface area contributed by atoms with Crippen LogP contribution in [0.4, 0.5) is 8.78 Å². The Balaban J connectivity index is 1.54. The molecule has 2 aromatic carbocycles. The van der Waals surface area contributed by atoms with Crippen molar-refractivity contribution in [2.45, 2.75) is 42.2 Å². The lowest BCUT2D eigenvalue weighted by Gasteiger charge is -2.22. The second-order valence-electron chi connectivity index (χ2n) is 7.36. The third kappa shape index (κ3) is 3.98. The van der Waals surface area contributed by atoms with Crippen molar-refractivity contribution in [3.8, 4) is 0 Å². The van der Waals surface area contributed by atoms with Crippen molar-refractivity contribution in [1.29, 1.82) is 0 Å². The van der Waals surface area contributed by atoms with Crippen molar-refractivity contribution in [2.24, 2.45) is 0 Å². The predicted octanol–water partition coefficient (Wildman–Crippen LogP) is 4.71. The van der Waals surface area contributed by atoms with E-state index in [9.17, 15) is 17.2 Å². The first-order chi connectivity index (χ1) is 13.4. The van der Waals surface area contributed by atoms with Crippen molar-refractivity contribution >= 4 is 21.8 Å². The molecule has 3 nitrogen and oxygen atoms in total. The van der Waals surface area contributed by atoms with E-state index in [-0.39, 0.29) is 5.25 Å². The van der Waals surface area contributed by atoms with Gasteiger partial charge in [-0.15, -0.1) is 0 Å². The number of fused-ring (bicyclic) bond motifs is 1. The fourth-order valence-corrected chi connectivity index (χ4v) is 6.88. The van der Waals surface area contributed by atoms with Gasteiger partial charge in [0.05, 0.1) is 4.90 Å². The van der Waals surface area contributed by atoms with Crippen LogP contribution in [0.25, 0.3) is 0 Å². The first-order valence-electron chi connectivity index (χ1n) is 9.63. The number of rotatable bonds is 3. The van der Waals surface area contributed by atoms with E-state index in [2.05, 4.69) is 0 Å². The van der Waals surface area contributed by atoms with Crippen molar-refractivity contribution in [1.82, 2.24) is 4.31 Å². The third-order valence-electron chi connectivity index (χ3n) is 5.56. The summed E-state index contributed by atoms with van der Waals surface area (Å²) in [5.74, 6) is -0.366. The smallest absolute Gasteiger partial charge is 0.207 e. The summed E-state index contributed by atoms with van der Waals surface area (Å²) in [5, 5.41) is -0.251. The largest absolute Gasteiger partial charge is 0.243 e. The molecule has 4 rings (SSSR count). The Morgan fingerprint density at radius 1 is 0.964 bits per heavy atom. The second-order valence-corrected chi connectivity index (χ2v) is 10.6. The average Bonchev–Trinajstić information content (AvgIpc) is 2.96. The molecule has 0 bridgehead atoms. The standard InChI is InChI=1S/C21H23F2NO2S2/c22-17-6-8-20(23)19(14-17)21-9-10-24(11-12-27-21)28(25,26)18-7-5-15-3-1-2-4-16(15)13-18/h5-8,13-14,21H,1-4,9-12H2. The zero-order valence-electron chi connectivity index (χ0n) is 15.5. The van der Waals surface area contributed by atoms with Gasteiger partial charge in [0.2, 0.25) is 10.0 Å². The molecule has 0 amide bonds. The highest BCUT2D eigenvalue weighted by atomic mass is 32.2. The quantitative estimate of drug-likeness (QED) is 0.717. The number of hydrogen-bond acceptors (Lipinski definition) is 3. The van der Waals surface area contributed by atoms with Crippen LogP contribution in [0.3, 0.4) is 0 Å². The van der Waals surface area contributed by atoms with E-state index in [1.165, 1.54) is 27.7 Å². The first kappa shape index (κ1) is 19.9. The van der Waals surface area contributed by atoms with Gasteiger partial charge in [0.25, 0.3) is 0 Å². The van der Waals surface area contributed by atoms with Crippen LogP contribution in [0.5, 0.6) is 0 Å². The first-order valence-corrected chi connectivity index (χ1v) is 12.1. The van der Waals surface area contributed by atoms with Crippen LogP contribution in [0.2, 0.25) is 0 Å². The molecule has 2 aromatic rings. The average molecular weight is 424 g/mol. The molecule has 1 aliphatic heterocycles. The van der Waals surface area contributed by atoms with Gasteiger partial charge in [-0.1, -0.05) is 6.07 Å². The van der Waals surface area contributed by atoms with E-state index in [4.69, 9.17) is 0 Å². The van der Waals surface area contributed by atoms with Gasteiger partial charge < -0.3 is 0 Å². The molecule has 7 heteroatoms. The Hall–Kier alpha value is -1.44. The van der Waals surface area contributed by atoms with Crippen LogP contribution in [-0.4, -0.2) is 31.6 Å². The molecule has 2 aliphatic rings. The summed E-state index contributed by atoms with van der Waals surface area (Å²) in [6.45, 7) is 0.671. The van der Waals surface area contributed by atoms with Crippen LogP contribution >= 0.6 is 11.8 Å². The van der Waals surface area contributed by atoms with Crippen LogP contribution in [0.1, 0.15) is 41.2 Å². The Morgan fingerprint density at radius 2 is 1.75 bits per heavy atom. The van der Waals surface area contributed by atoms with E-state index >= 15 is 0 Å². The zero-order valence-corrected chi connectivity index (χ0v) is 17.2. The molecule has 1 heterocycles. The Labute approximate surface area is 169 Å². The van der Waals surface area contributed by atoms with E-state index in [1.807, 2.05) is 12.1 Å². The SMILES string of the molecule is O=S(=O)(c1ccc2c(c1)CCCC2)N1CCSC(c2cc(F)ccc2F)CC1. The number of sulfonamides is 1. The Morgan fingerprint density at radius 3 is 2.57 bits per heavy atom. The summed E-state index contributed by atoms with van der Waals surface area (Å²) in [6, 6.07) is 8.94. The molecule has 0 aromatic heterocycles. The summed E-state index contributed by atoms with van der Waals surface area (Å²) in [4.78, 5) is 0.341. The zero-order chi connectivity index (χ0) is 19.7. The van der Waals surface area contributed by atoms with Gasteiger partial charge in [-0.05, 0) is 73.6 Å². The highest BCUT2D eigenvalue weighted by Gasteiger charge is 2.30. The maximum atomic E-state index is 14.1. The minimum absolute atomic E-state index is 0.251.